The van der Waals surface area contributed by atoms with E-state index in [-0.39, 0.29) is 5.97 Å². The third-order valence-electron chi connectivity index (χ3n) is 4.46. The van der Waals surface area contributed by atoms with E-state index in [0.717, 1.165) is 18.6 Å². The minimum Gasteiger partial charge on any atom is -0.466 e. The maximum Gasteiger partial charge on any atom is 0.305 e. The van der Waals surface area contributed by atoms with Crippen molar-refractivity contribution in [1.29, 1.82) is 0 Å². The standard InChI is InChI=1S/C22H42O2S/c1-2-3-4-5-6-7-8-9-10-11-12-13-14-15-16-17-20-24-22(23)19-18-21-25/h9-10,25H,2-8,11-21H2,1H3. The predicted octanol–water partition coefficient (Wildman–Crippen LogP) is 7.28. The maximum absolute atomic E-state index is 11.3. The Hall–Kier alpha value is -0.440. The molecule has 0 aromatic rings. The lowest BCUT2D eigenvalue weighted by atomic mass is 10.1. The smallest absolute Gasteiger partial charge is 0.305 e. The van der Waals surface area contributed by atoms with Gasteiger partial charge in [0.15, 0.2) is 0 Å². The minimum atomic E-state index is -0.0678. The summed E-state index contributed by atoms with van der Waals surface area (Å²) in [6.07, 6.45) is 24.3. The van der Waals surface area contributed by atoms with Crippen LogP contribution in [0.4, 0.5) is 0 Å². The molecule has 0 bridgehead atoms. The highest BCUT2D eigenvalue weighted by atomic mass is 32.1. The van der Waals surface area contributed by atoms with Crippen molar-refractivity contribution in [2.75, 3.05) is 12.4 Å². The number of ether oxygens (including phenoxy) is 1. The van der Waals surface area contributed by atoms with Crippen LogP contribution in [0.5, 0.6) is 0 Å². The van der Waals surface area contributed by atoms with Gasteiger partial charge in [-0.2, -0.15) is 12.6 Å². The van der Waals surface area contributed by atoms with E-state index in [2.05, 4.69) is 31.7 Å². The maximum atomic E-state index is 11.3. The summed E-state index contributed by atoms with van der Waals surface area (Å²) >= 11 is 4.09. The number of unbranched alkanes of at least 4 members (excludes halogenated alkanes) is 12. The lowest BCUT2D eigenvalue weighted by molar-refractivity contribution is -0.143. The van der Waals surface area contributed by atoms with E-state index in [9.17, 15) is 4.79 Å². The predicted molar refractivity (Wildman–Crippen MR) is 113 cm³/mol. The van der Waals surface area contributed by atoms with Gasteiger partial charge in [0.2, 0.25) is 0 Å². The van der Waals surface area contributed by atoms with Crippen molar-refractivity contribution in [3.8, 4) is 0 Å². The SMILES string of the molecule is CCCCCCCCC=CCCCCCCCCOC(=O)CCCS. The highest BCUT2D eigenvalue weighted by Crippen LogP contribution is 2.10. The van der Waals surface area contributed by atoms with Gasteiger partial charge in [-0.25, -0.2) is 0 Å². The molecule has 0 atom stereocenters. The molecule has 0 saturated carbocycles. The first kappa shape index (κ1) is 24.6. The van der Waals surface area contributed by atoms with Crippen LogP contribution < -0.4 is 0 Å². The third kappa shape index (κ3) is 21.5. The molecule has 0 aromatic carbocycles. The molecule has 0 spiro atoms. The molecule has 0 aliphatic rings. The van der Waals surface area contributed by atoms with Crippen LogP contribution in [-0.4, -0.2) is 18.3 Å². The third-order valence-corrected chi connectivity index (χ3v) is 4.77. The molecular weight excluding hydrogens is 328 g/mol. The monoisotopic (exact) mass is 370 g/mol. The fourth-order valence-electron chi connectivity index (χ4n) is 2.83. The molecule has 0 aromatic heterocycles. The van der Waals surface area contributed by atoms with E-state index >= 15 is 0 Å². The Kier molecular flexibility index (Phi) is 21.2. The van der Waals surface area contributed by atoms with Crippen molar-refractivity contribution in [1.82, 2.24) is 0 Å². The van der Waals surface area contributed by atoms with Crippen molar-refractivity contribution in [3.63, 3.8) is 0 Å². The highest BCUT2D eigenvalue weighted by molar-refractivity contribution is 7.80. The molecule has 0 radical (unpaired) electrons. The van der Waals surface area contributed by atoms with Crippen LogP contribution in [0.3, 0.4) is 0 Å². The lowest BCUT2D eigenvalue weighted by Gasteiger charge is -2.04. The zero-order valence-electron chi connectivity index (χ0n) is 16.6. The van der Waals surface area contributed by atoms with Gasteiger partial charge in [0.25, 0.3) is 0 Å². The molecule has 0 saturated heterocycles. The molecule has 0 unspecified atom stereocenters. The molecule has 0 heterocycles. The average Bonchev–Trinajstić information content (AvgIpc) is 2.62. The van der Waals surface area contributed by atoms with Crippen LogP contribution in [-0.2, 0) is 9.53 Å². The van der Waals surface area contributed by atoms with E-state index in [1.807, 2.05) is 0 Å². The molecule has 148 valence electrons. The minimum absolute atomic E-state index is 0.0678. The molecule has 3 heteroatoms. The zero-order chi connectivity index (χ0) is 18.4. The van der Waals surface area contributed by atoms with Crippen LogP contribution in [0.2, 0.25) is 0 Å². The quantitative estimate of drug-likeness (QED) is 0.112. The normalized spacial score (nSPS) is 11.3. The fraction of sp³-hybridized carbons (Fsp3) is 0.864. The Bertz CT molecular complexity index is 302. The summed E-state index contributed by atoms with van der Waals surface area (Å²) in [6.45, 7) is 2.86. The fourth-order valence-corrected chi connectivity index (χ4v) is 2.99. The molecule has 2 nitrogen and oxygen atoms in total. The van der Waals surface area contributed by atoms with Gasteiger partial charge in [0, 0.05) is 6.42 Å². The van der Waals surface area contributed by atoms with Crippen LogP contribution >= 0.6 is 12.6 Å². The van der Waals surface area contributed by atoms with Gasteiger partial charge in [-0.1, -0.05) is 76.9 Å². The van der Waals surface area contributed by atoms with Crippen molar-refractivity contribution < 1.29 is 9.53 Å². The second-order valence-corrected chi connectivity index (χ2v) is 7.43. The van der Waals surface area contributed by atoms with Gasteiger partial charge in [-0.15, -0.1) is 0 Å². The van der Waals surface area contributed by atoms with Gasteiger partial charge in [0.1, 0.15) is 0 Å². The Balaban J connectivity index is 3.13. The molecule has 0 N–H and O–H groups in total. The summed E-state index contributed by atoms with van der Waals surface area (Å²) in [7, 11) is 0. The van der Waals surface area contributed by atoms with Gasteiger partial charge < -0.3 is 4.74 Å². The van der Waals surface area contributed by atoms with Gasteiger partial charge >= 0.3 is 5.97 Å². The molecule has 0 amide bonds. The first-order valence-electron chi connectivity index (χ1n) is 10.7. The Morgan fingerprint density at radius 2 is 1.28 bits per heavy atom. The van der Waals surface area contributed by atoms with E-state index in [4.69, 9.17) is 4.74 Å². The summed E-state index contributed by atoms with van der Waals surface area (Å²) in [5.41, 5.74) is 0. The number of carbonyl (C=O) groups excluding carboxylic acids is 1. The first-order chi connectivity index (χ1) is 12.3. The number of allylic oxidation sites excluding steroid dienone is 2. The van der Waals surface area contributed by atoms with Crippen molar-refractivity contribution in [2.45, 2.75) is 110 Å². The Morgan fingerprint density at radius 3 is 1.84 bits per heavy atom. The summed E-state index contributed by atoms with van der Waals surface area (Å²) in [5.74, 6) is 0.686. The average molecular weight is 371 g/mol. The van der Waals surface area contributed by atoms with Crippen LogP contribution in [0.1, 0.15) is 110 Å². The van der Waals surface area contributed by atoms with E-state index in [0.29, 0.717) is 13.0 Å². The second-order valence-electron chi connectivity index (χ2n) is 6.99. The van der Waals surface area contributed by atoms with E-state index < -0.39 is 0 Å². The highest BCUT2D eigenvalue weighted by Gasteiger charge is 2.00. The van der Waals surface area contributed by atoms with Crippen molar-refractivity contribution in [3.05, 3.63) is 12.2 Å². The summed E-state index contributed by atoms with van der Waals surface area (Å²) in [5, 5.41) is 0. The molecular formula is C22H42O2S. The molecule has 25 heavy (non-hydrogen) atoms. The van der Waals surface area contributed by atoms with E-state index in [1.54, 1.807) is 0 Å². The van der Waals surface area contributed by atoms with Gasteiger partial charge in [-0.3, -0.25) is 4.79 Å². The van der Waals surface area contributed by atoms with E-state index in [1.165, 1.54) is 83.5 Å². The molecule has 0 aliphatic heterocycles. The van der Waals surface area contributed by atoms with Gasteiger partial charge in [-0.05, 0) is 44.3 Å². The number of carbonyl (C=O) groups is 1. The Labute approximate surface area is 162 Å². The van der Waals surface area contributed by atoms with Crippen LogP contribution in [0.15, 0.2) is 12.2 Å². The van der Waals surface area contributed by atoms with Gasteiger partial charge in [0.05, 0.1) is 6.61 Å². The summed E-state index contributed by atoms with van der Waals surface area (Å²) in [4.78, 5) is 11.3. The number of esters is 1. The molecule has 0 rings (SSSR count). The van der Waals surface area contributed by atoms with Crippen LogP contribution in [0, 0.1) is 0 Å². The lowest BCUT2D eigenvalue weighted by Crippen LogP contribution is -2.05. The second kappa shape index (κ2) is 21.6. The van der Waals surface area contributed by atoms with Crippen molar-refractivity contribution >= 4 is 18.6 Å². The number of thiol groups is 1. The largest absolute Gasteiger partial charge is 0.466 e. The van der Waals surface area contributed by atoms with Crippen molar-refractivity contribution in [2.24, 2.45) is 0 Å². The number of hydrogen-bond acceptors (Lipinski definition) is 3. The number of rotatable bonds is 19. The Morgan fingerprint density at radius 1 is 0.760 bits per heavy atom. The molecule has 0 fully saturated rings. The van der Waals surface area contributed by atoms with Crippen LogP contribution in [0.25, 0.3) is 0 Å². The summed E-state index contributed by atoms with van der Waals surface area (Å²) in [6, 6.07) is 0. The zero-order valence-corrected chi connectivity index (χ0v) is 17.5. The molecule has 0 aliphatic carbocycles. The topological polar surface area (TPSA) is 26.3 Å². The summed E-state index contributed by atoms with van der Waals surface area (Å²) < 4.78 is 5.18. The number of hydrogen-bond donors (Lipinski definition) is 1. The first-order valence-corrected chi connectivity index (χ1v) is 11.4.